The summed E-state index contributed by atoms with van der Waals surface area (Å²) < 4.78 is 11.1. The number of fused-ring (bicyclic) bond motifs is 1. The van der Waals surface area contributed by atoms with Crippen LogP contribution in [-0.2, 0) is 35.3 Å². The fourth-order valence-electron chi connectivity index (χ4n) is 4.16. The molecule has 0 bridgehead atoms. The first-order valence-electron chi connectivity index (χ1n) is 12.0. The molecule has 2 aromatic heterocycles. The van der Waals surface area contributed by atoms with Gasteiger partial charge in [-0.3, -0.25) is 9.78 Å². The topological polar surface area (TPSA) is 80.8 Å². The van der Waals surface area contributed by atoms with E-state index in [1.807, 2.05) is 56.3 Å². The Morgan fingerprint density at radius 2 is 1.97 bits per heavy atom. The molecule has 0 fully saturated rings. The van der Waals surface area contributed by atoms with Crippen LogP contribution >= 0.6 is 11.3 Å². The van der Waals surface area contributed by atoms with Crippen LogP contribution in [0, 0.1) is 6.92 Å². The summed E-state index contributed by atoms with van der Waals surface area (Å²) in [6.45, 7) is 5.99. The van der Waals surface area contributed by atoms with Crippen LogP contribution in [0.25, 0.3) is 0 Å². The third-order valence-electron chi connectivity index (χ3n) is 6.04. The molecule has 35 heavy (non-hydrogen) atoms. The highest BCUT2D eigenvalue weighted by Gasteiger charge is 2.26. The van der Waals surface area contributed by atoms with Crippen molar-refractivity contribution in [1.29, 1.82) is 0 Å². The van der Waals surface area contributed by atoms with Gasteiger partial charge in [-0.1, -0.05) is 24.3 Å². The Hall–Kier alpha value is -3.39. The number of ether oxygens (including phenoxy) is 2. The predicted octanol–water partition coefficient (Wildman–Crippen LogP) is 5.16. The minimum absolute atomic E-state index is 0.0243. The number of carbonyl (C=O) groups is 2. The molecule has 8 heteroatoms. The summed E-state index contributed by atoms with van der Waals surface area (Å²) in [4.78, 5) is 32.3. The summed E-state index contributed by atoms with van der Waals surface area (Å²) in [7, 11) is 0. The van der Waals surface area contributed by atoms with Crippen LogP contribution in [0.2, 0.25) is 0 Å². The molecule has 0 spiro atoms. The van der Waals surface area contributed by atoms with Crippen molar-refractivity contribution in [2.24, 2.45) is 0 Å². The van der Waals surface area contributed by atoms with Crippen LogP contribution < -0.4 is 10.1 Å². The Balaban J connectivity index is 1.30. The van der Waals surface area contributed by atoms with E-state index in [4.69, 9.17) is 9.47 Å². The van der Waals surface area contributed by atoms with Gasteiger partial charge in [0.2, 0.25) is 5.91 Å². The molecule has 0 saturated heterocycles. The Morgan fingerprint density at radius 3 is 2.77 bits per heavy atom. The largest absolute Gasteiger partial charge is 0.494 e. The molecule has 0 radical (unpaired) electrons. The molecule has 1 aliphatic rings. The first kappa shape index (κ1) is 24.7. The molecule has 3 aromatic rings. The predicted molar refractivity (Wildman–Crippen MR) is 137 cm³/mol. The number of carbonyl (C=O) groups excluding carboxylic acids is 2. The summed E-state index contributed by atoms with van der Waals surface area (Å²) in [5, 5.41) is 3.95. The highest BCUT2D eigenvalue weighted by Crippen LogP contribution is 2.36. The van der Waals surface area contributed by atoms with Crippen molar-refractivity contribution < 1.29 is 19.1 Å². The Kier molecular flexibility index (Phi) is 8.36. The lowest BCUT2D eigenvalue weighted by Gasteiger charge is -2.26. The third kappa shape index (κ3) is 6.39. The average molecular weight is 494 g/mol. The molecule has 3 heterocycles. The van der Waals surface area contributed by atoms with Gasteiger partial charge in [-0.2, -0.15) is 0 Å². The smallest absolute Gasteiger partial charge is 0.410 e. The van der Waals surface area contributed by atoms with Crippen molar-refractivity contribution >= 4 is 28.3 Å². The van der Waals surface area contributed by atoms with E-state index in [9.17, 15) is 9.59 Å². The summed E-state index contributed by atoms with van der Waals surface area (Å²) >= 11 is 1.55. The van der Waals surface area contributed by atoms with Crippen molar-refractivity contribution in [3.05, 3.63) is 75.9 Å². The van der Waals surface area contributed by atoms with Crippen LogP contribution in [0.3, 0.4) is 0 Å². The Morgan fingerprint density at radius 1 is 1.14 bits per heavy atom. The second-order valence-electron chi connectivity index (χ2n) is 8.40. The van der Waals surface area contributed by atoms with E-state index in [1.165, 1.54) is 5.56 Å². The maximum Gasteiger partial charge on any atom is 0.410 e. The van der Waals surface area contributed by atoms with Crippen LogP contribution in [0.15, 0.2) is 48.7 Å². The van der Waals surface area contributed by atoms with Crippen molar-refractivity contribution in [2.45, 2.75) is 46.1 Å². The van der Waals surface area contributed by atoms with E-state index in [0.717, 1.165) is 38.9 Å². The Bertz CT molecular complexity index is 1160. The van der Waals surface area contributed by atoms with E-state index in [2.05, 4.69) is 10.3 Å². The monoisotopic (exact) mass is 493 g/mol. The maximum atomic E-state index is 12.7. The zero-order valence-corrected chi connectivity index (χ0v) is 21.0. The van der Waals surface area contributed by atoms with Crippen molar-refractivity contribution in [3.63, 3.8) is 0 Å². The number of nitrogens with zero attached hydrogens (tertiary/aromatic N) is 2. The number of thiophene rings is 1. The van der Waals surface area contributed by atoms with Gasteiger partial charge in [0.1, 0.15) is 5.75 Å². The molecule has 7 nitrogen and oxygen atoms in total. The van der Waals surface area contributed by atoms with Crippen LogP contribution in [-0.4, -0.2) is 41.6 Å². The number of aromatic nitrogens is 1. The van der Waals surface area contributed by atoms with Crippen LogP contribution in [0.1, 0.15) is 40.6 Å². The van der Waals surface area contributed by atoms with Gasteiger partial charge < -0.3 is 19.7 Å². The SMILES string of the molecule is CCOc1ccccc1CCC(=O)Nc1sc2c(c1C)CCN(C(=O)OCCc1ccccn1)C2. The summed E-state index contributed by atoms with van der Waals surface area (Å²) in [6.07, 6.45) is 3.76. The number of anilines is 1. The maximum absolute atomic E-state index is 12.7. The highest BCUT2D eigenvalue weighted by atomic mass is 32.1. The van der Waals surface area contributed by atoms with Gasteiger partial charge in [0.05, 0.1) is 24.8 Å². The molecule has 1 aromatic carbocycles. The van der Waals surface area contributed by atoms with Gasteiger partial charge in [0, 0.05) is 36.2 Å². The number of amides is 2. The van der Waals surface area contributed by atoms with Gasteiger partial charge >= 0.3 is 6.09 Å². The summed E-state index contributed by atoms with van der Waals surface area (Å²) in [6, 6.07) is 13.5. The lowest BCUT2D eigenvalue weighted by molar-refractivity contribution is -0.116. The number of para-hydroxylation sites is 1. The third-order valence-corrected chi connectivity index (χ3v) is 7.27. The number of pyridine rings is 1. The fourth-order valence-corrected chi connectivity index (χ4v) is 5.45. The van der Waals surface area contributed by atoms with E-state index in [0.29, 0.717) is 45.6 Å². The number of nitrogens with one attached hydrogen (secondary N) is 1. The number of aryl methyl sites for hydroxylation is 1. The van der Waals surface area contributed by atoms with Crippen molar-refractivity contribution in [3.8, 4) is 5.75 Å². The normalized spacial score (nSPS) is 12.7. The standard InChI is InChI=1S/C27H31N3O4S/c1-3-33-23-10-5-4-8-20(23)11-12-25(31)29-26-19(2)22-13-16-30(18-24(22)35-26)27(32)34-17-14-21-9-6-7-15-28-21/h4-10,15H,3,11-14,16-18H2,1-2H3,(H,29,31). The van der Waals surface area contributed by atoms with Crippen molar-refractivity contribution in [1.82, 2.24) is 9.88 Å². The van der Waals surface area contributed by atoms with Crippen molar-refractivity contribution in [2.75, 3.05) is 25.1 Å². The first-order valence-corrected chi connectivity index (χ1v) is 12.8. The van der Waals surface area contributed by atoms with E-state index >= 15 is 0 Å². The molecular formula is C27H31N3O4S. The van der Waals surface area contributed by atoms with Gasteiger partial charge in [0.15, 0.2) is 0 Å². The number of benzene rings is 1. The average Bonchev–Trinajstić information content (AvgIpc) is 3.18. The first-order chi connectivity index (χ1) is 17.0. The van der Waals surface area contributed by atoms with E-state index < -0.39 is 0 Å². The molecule has 1 N–H and O–H groups in total. The lowest BCUT2D eigenvalue weighted by atomic mass is 10.0. The fraction of sp³-hybridized carbons (Fsp3) is 0.370. The van der Waals surface area contributed by atoms with Gasteiger partial charge in [-0.05, 0) is 61.6 Å². The van der Waals surface area contributed by atoms with Crippen LogP contribution in [0.4, 0.5) is 9.80 Å². The summed E-state index contributed by atoms with van der Waals surface area (Å²) in [5.41, 5.74) is 4.25. The quantitative estimate of drug-likeness (QED) is 0.445. The Labute approximate surface area is 210 Å². The zero-order valence-electron chi connectivity index (χ0n) is 20.2. The second-order valence-corrected chi connectivity index (χ2v) is 9.51. The second kappa shape index (κ2) is 11.8. The van der Waals surface area contributed by atoms with Gasteiger partial charge in [-0.15, -0.1) is 11.3 Å². The molecule has 2 amide bonds. The number of hydrogen-bond acceptors (Lipinski definition) is 6. The molecule has 184 valence electrons. The number of hydrogen-bond donors (Lipinski definition) is 1. The molecule has 0 atom stereocenters. The highest BCUT2D eigenvalue weighted by molar-refractivity contribution is 7.16. The summed E-state index contributed by atoms with van der Waals surface area (Å²) in [5.74, 6) is 0.807. The molecule has 0 saturated carbocycles. The number of rotatable bonds is 9. The molecule has 4 rings (SSSR count). The molecule has 0 unspecified atom stereocenters. The van der Waals surface area contributed by atoms with Crippen LogP contribution in [0.5, 0.6) is 5.75 Å². The minimum atomic E-state index is -0.309. The molecular weight excluding hydrogens is 462 g/mol. The lowest BCUT2D eigenvalue weighted by Crippen LogP contribution is -2.36. The zero-order chi connectivity index (χ0) is 24.6. The van der Waals surface area contributed by atoms with Gasteiger partial charge in [0.25, 0.3) is 0 Å². The van der Waals surface area contributed by atoms with E-state index in [1.54, 1.807) is 22.4 Å². The van der Waals surface area contributed by atoms with Gasteiger partial charge in [-0.25, -0.2) is 4.79 Å². The van der Waals surface area contributed by atoms with E-state index in [-0.39, 0.29) is 12.0 Å². The molecule has 0 aliphatic carbocycles. The minimum Gasteiger partial charge on any atom is -0.494 e. The molecule has 1 aliphatic heterocycles.